The summed E-state index contributed by atoms with van der Waals surface area (Å²) in [6.45, 7) is 4.27. The molecule has 0 aliphatic carbocycles. The molecule has 0 fully saturated rings. The smallest absolute Gasteiger partial charge is 0.243 e. The van der Waals surface area contributed by atoms with E-state index in [1.165, 1.54) is 0 Å². The van der Waals surface area contributed by atoms with Crippen LogP contribution in [0.25, 0.3) is 0 Å². The van der Waals surface area contributed by atoms with E-state index < -0.39 is 6.10 Å². The summed E-state index contributed by atoms with van der Waals surface area (Å²) in [5, 5.41) is 22.3. The summed E-state index contributed by atoms with van der Waals surface area (Å²) in [5.41, 5.74) is 2.42. The van der Waals surface area contributed by atoms with Crippen LogP contribution in [0.4, 0.5) is 5.95 Å². The first-order valence-corrected chi connectivity index (χ1v) is 7.90. The fourth-order valence-corrected chi connectivity index (χ4v) is 2.62. The first-order valence-electron chi connectivity index (χ1n) is 7.14. The molecule has 0 radical (unpaired) electrons. The highest BCUT2D eigenvalue weighted by atomic mass is 35.5. The van der Waals surface area contributed by atoms with Crippen LogP contribution in [0.2, 0.25) is 10.0 Å². The van der Waals surface area contributed by atoms with Gasteiger partial charge in [-0.1, -0.05) is 43.1 Å². The minimum Gasteiger partial charge on any atom is -0.387 e. The number of aromatic nitrogens is 3. The molecule has 0 spiro atoms. The van der Waals surface area contributed by atoms with Gasteiger partial charge in [0, 0.05) is 22.2 Å². The molecule has 1 atom stereocenters. The van der Waals surface area contributed by atoms with E-state index in [1.807, 2.05) is 13.8 Å². The van der Waals surface area contributed by atoms with Crippen molar-refractivity contribution in [3.63, 3.8) is 0 Å². The monoisotopic (exact) mass is 340 g/mol. The van der Waals surface area contributed by atoms with Gasteiger partial charge in [0.1, 0.15) is 0 Å². The second kappa shape index (κ2) is 7.72. The summed E-state index contributed by atoms with van der Waals surface area (Å²) < 4.78 is 0. The van der Waals surface area contributed by atoms with Crippen LogP contribution in [-0.4, -0.2) is 26.8 Å². The van der Waals surface area contributed by atoms with Crippen molar-refractivity contribution in [1.82, 2.24) is 15.2 Å². The van der Waals surface area contributed by atoms with Crippen LogP contribution in [0.5, 0.6) is 0 Å². The molecule has 0 saturated heterocycles. The van der Waals surface area contributed by atoms with Gasteiger partial charge in [-0.05, 0) is 25.0 Å². The summed E-state index contributed by atoms with van der Waals surface area (Å²) >= 11 is 11.9. The summed E-state index contributed by atoms with van der Waals surface area (Å²) in [6, 6.07) is 4.99. The van der Waals surface area contributed by atoms with Gasteiger partial charge in [-0.2, -0.15) is 5.10 Å². The molecule has 1 unspecified atom stereocenters. The number of nitrogens with one attached hydrogen (secondary N) is 1. The topological polar surface area (TPSA) is 70.9 Å². The van der Waals surface area contributed by atoms with Crippen molar-refractivity contribution in [2.45, 2.75) is 32.8 Å². The van der Waals surface area contributed by atoms with Gasteiger partial charge in [0.25, 0.3) is 0 Å². The predicted octanol–water partition coefficient (Wildman–Crippen LogP) is 3.45. The van der Waals surface area contributed by atoms with Gasteiger partial charge in [0.05, 0.1) is 17.5 Å². The zero-order valence-electron chi connectivity index (χ0n) is 12.5. The normalized spacial score (nSPS) is 12.2. The third-order valence-electron chi connectivity index (χ3n) is 3.28. The minimum atomic E-state index is -0.788. The Morgan fingerprint density at radius 2 is 1.86 bits per heavy atom. The van der Waals surface area contributed by atoms with E-state index in [9.17, 15) is 5.11 Å². The van der Waals surface area contributed by atoms with E-state index >= 15 is 0 Å². The average molecular weight is 341 g/mol. The number of hydrogen-bond donors (Lipinski definition) is 2. The Bertz CT molecular complexity index is 651. The first kappa shape index (κ1) is 16.9. The SMILES string of the molecule is CCc1nnc(NCC(O)c2ccc(Cl)cc2Cl)nc1CC. The quantitative estimate of drug-likeness (QED) is 0.842. The Labute approximate surface area is 139 Å². The van der Waals surface area contributed by atoms with Crippen LogP contribution in [0.1, 0.15) is 36.9 Å². The molecule has 1 aromatic heterocycles. The number of rotatable bonds is 6. The Balaban J connectivity index is 2.06. The molecule has 0 aliphatic rings. The first-order chi connectivity index (χ1) is 10.5. The Morgan fingerprint density at radius 1 is 1.14 bits per heavy atom. The highest BCUT2D eigenvalue weighted by molar-refractivity contribution is 6.35. The zero-order valence-corrected chi connectivity index (χ0v) is 14.0. The Morgan fingerprint density at radius 3 is 2.50 bits per heavy atom. The molecule has 0 aliphatic heterocycles. The number of nitrogens with zero attached hydrogens (tertiary/aromatic N) is 3. The molecule has 2 rings (SSSR count). The number of halogens is 2. The van der Waals surface area contributed by atoms with Crippen molar-refractivity contribution < 1.29 is 5.11 Å². The fraction of sp³-hybridized carbons (Fsp3) is 0.400. The van der Waals surface area contributed by atoms with Gasteiger partial charge in [-0.15, -0.1) is 5.10 Å². The van der Waals surface area contributed by atoms with Gasteiger partial charge >= 0.3 is 0 Å². The minimum absolute atomic E-state index is 0.234. The van der Waals surface area contributed by atoms with Crippen molar-refractivity contribution in [2.24, 2.45) is 0 Å². The third-order valence-corrected chi connectivity index (χ3v) is 3.85. The summed E-state index contributed by atoms with van der Waals surface area (Å²) in [5.74, 6) is 0.401. The molecular weight excluding hydrogens is 323 g/mol. The van der Waals surface area contributed by atoms with E-state index in [1.54, 1.807) is 18.2 Å². The molecular formula is C15H18Cl2N4O. The molecule has 22 heavy (non-hydrogen) atoms. The van der Waals surface area contributed by atoms with E-state index in [0.29, 0.717) is 21.6 Å². The van der Waals surface area contributed by atoms with Crippen molar-refractivity contribution in [3.05, 3.63) is 45.2 Å². The molecule has 118 valence electrons. The highest BCUT2D eigenvalue weighted by Crippen LogP contribution is 2.26. The largest absolute Gasteiger partial charge is 0.387 e. The molecule has 1 aromatic carbocycles. The number of aliphatic hydroxyl groups excluding tert-OH is 1. The lowest BCUT2D eigenvalue weighted by Gasteiger charge is -2.14. The van der Waals surface area contributed by atoms with Crippen LogP contribution in [0.3, 0.4) is 0 Å². The standard InChI is InChI=1S/C15H18Cl2N4O/c1-3-12-13(4-2)20-21-15(19-12)18-8-14(22)10-6-5-9(16)7-11(10)17/h5-7,14,22H,3-4,8H2,1-2H3,(H,18,19,21). The maximum atomic E-state index is 10.2. The van der Waals surface area contributed by atoms with Gasteiger partial charge in [0.2, 0.25) is 5.95 Å². The summed E-state index contributed by atoms with van der Waals surface area (Å²) in [7, 11) is 0. The van der Waals surface area contributed by atoms with E-state index in [2.05, 4.69) is 20.5 Å². The molecule has 0 amide bonds. The number of anilines is 1. The number of benzene rings is 1. The summed E-state index contributed by atoms with van der Waals surface area (Å²) in [4.78, 5) is 4.41. The molecule has 0 bridgehead atoms. The van der Waals surface area contributed by atoms with Crippen LogP contribution in [0, 0.1) is 0 Å². The maximum absolute atomic E-state index is 10.2. The molecule has 5 nitrogen and oxygen atoms in total. The van der Waals surface area contributed by atoms with Crippen LogP contribution in [-0.2, 0) is 12.8 Å². The van der Waals surface area contributed by atoms with Crippen molar-refractivity contribution in [1.29, 1.82) is 0 Å². The van der Waals surface area contributed by atoms with Crippen molar-refractivity contribution in [2.75, 3.05) is 11.9 Å². The molecule has 2 N–H and O–H groups in total. The van der Waals surface area contributed by atoms with Gasteiger partial charge < -0.3 is 10.4 Å². The van der Waals surface area contributed by atoms with E-state index in [4.69, 9.17) is 23.2 Å². The lowest BCUT2D eigenvalue weighted by Crippen LogP contribution is -2.16. The summed E-state index contributed by atoms with van der Waals surface area (Å²) in [6.07, 6.45) is 0.801. The number of hydrogen-bond acceptors (Lipinski definition) is 5. The second-order valence-electron chi connectivity index (χ2n) is 4.80. The number of aryl methyl sites for hydroxylation is 2. The average Bonchev–Trinajstić information content (AvgIpc) is 2.52. The van der Waals surface area contributed by atoms with Crippen molar-refractivity contribution in [3.8, 4) is 0 Å². The van der Waals surface area contributed by atoms with Gasteiger partial charge in [-0.25, -0.2) is 4.98 Å². The van der Waals surface area contributed by atoms with Crippen LogP contribution in [0.15, 0.2) is 18.2 Å². The van der Waals surface area contributed by atoms with Gasteiger partial charge in [-0.3, -0.25) is 0 Å². The predicted molar refractivity (Wildman–Crippen MR) is 88.5 cm³/mol. The lowest BCUT2D eigenvalue weighted by atomic mass is 10.1. The Hall–Kier alpha value is -1.43. The third kappa shape index (κ3) is 4.06. The van der Waals surface area contributed by atoms with E-state index in [-0.39, 0.29) is 6.54 Å². The zero-order chi connectivity index (χ0) is 16.1. The van der Waals surface area contributed by atoms with E-state index in [0.717, 1.165) is 24.2 Å². The highest BCUT2D eigenvalue weighted by Gasteiger charge is 2.13. The lowest BCUT2D eigenvalue weighted by molar-refractivity contribution is 0.191. The van der Waals surface area contributed by atoms with Crippen molar-refractivity contribution >= 4 is 29.2 Å². The molecule has 1 heterocycles. The number of aliphatic hydroxyl groups is 1. The Kier molecular flexibility index (Phi) is 5.94. The second-order valence-corrected chi connectivity index (χ2v) is 5.64. The molecule has 0 saturated carbocycles. The van der Waals surface area contributed by atoms with Crippen LogP contribution >= 0.6 is 23.2 Å². The van der Waals surface area contributed by atoms with Crippen LogP contribution < -0.4 is 5.32 Å². The molecule has 7 heteroatoms. The maximum Gasteiger partial charge on any atom is 0.243 e. The fourth-order valence-electron chi connectivity index (χ4n) is 2.08. The van der Waals surface area contributed by atoms with Gasteiger partial charge in [0.15, 0.2) is 0 Å². The molecule has 2 aromatic rings.